The Hall–Kier alpha value is -1.40. The predicted molar refractivity (Wildman–Crippen MR) is 107 cm³/mol. The first-order valence-corrected chi connectivity index (χ1v) is 10.2. The maximum Gasteiger partial charge on any atom is 0.191 e. The zero-order valence-corrected chi connectivity index (χ0v) is 16.6. The van der Waals surface area contributed by atoms with Crippen molar-refractivity contribution in [3.63, 3.8) is 0 Å². The van der Waals surface area contributed by atoms with Crippen LogP contribution in [0.1, 0.15) is 38.3 Å². The number of aliphatic imine (C=N–C) groups is 1. The summed E-state index contributed by atoms with van der Waals surface area (Å²) >= 11 is 1.80. The van der Waals surface area contributed by atoms with Crippen molar-refractivity contribution in [1.29, 1.82) is 0 Å². The van der Waals surface area contributed by atoms with E-state index in [1.807, 2.05) is 20.8 Å². The van der Waals surface area contributed by atoms with Gasteiger partial charge in [-0.05, 0) is 51.5 Å². The van der Waals surface area contributed by atoms with Crippen molar-refractivity contribution in [1.82, 2.24) is 10.6 Å². The third kappa shape index (κ3) is 6.44. The summed E-state index contributed by atoms with van der Waals surface area (Å²) in [5.74, 6) is 3.42. The molecule has 1 aliphatic heterocycles. The summed E-state index contributed by atoms with van der Waals surface area (Å²) in [5, 5.41) is 17.0. The molecule has 0 radical (unpaired) electrons. The Balaban J connectivity index is 2.05. The highest BCUT2D eigenvalue weighted by atomic mass is 32.2. The van der Waals surface area contributed by atoms with E-state index in [9.17, 15) is 5.11 Å². The molecule has 1 aromatic rings. The molecule has 0 aliphatic carbocycles. The van der Waals surface area contributed by atoms with Gasteiger partial charge in [-0.15, -0.1) is 0 Å². The van der Waals surface area contributed by atoms with Gasteiger partial charge in [-0.3, -0.25) is 0 Å². The summed E-state index contributed by atoms with van der Waals surface area (Å²) < 4.78 is 5.92. The molecule has 0 spiro atoms. The molecular weight excluding hydrogens is 334 g/mol. The normalized spacial score (nSPS) is 20.8. The van der Waals surface area contributed by atoms with Crippen LogP contribution in [0.25, 0.3) is 0 Å². The van der Waals surface area contributed by atoms with Gasteiger partial charge in [0.25, 0.3) is 0 Å². The maximum atomic E-state index is 10.5. The van der Waals surface area contributed by atoms with E-state index in [-0.39, 0.29) is 6.10 Å². The number of rotatable bonds is 7. The van der Waals surface area contributed by atoms with Gasteiger partial charge in [0.1, 0.15) is 5.75 Å². The molecule has 1 unspecified atom stereocenters. The third-order valence-electron chi connectivity index (χ3n) is 4.00. The smallest absolute Gasteiger partial charge is 0.191 e. The molecule has 140 valence electrons. The average molecular weight is 366 g/mol. The minimum Gasteiger partial charge on any atom is -0.491 e. The summed E-state index contributed by atoms with van der Waals surface area (Å²) in [6.45, 7) is 9.99. The lowest BCUT2D eigenvalue weighted by Gasteiger charge is -2.23. The fourth-order valence-electron chi connectivity index (χ4n) is 2.65. The number of ether oxygens (including phenoxy) is 1. The summed E-state index contributed by atoms with van der Waals surface area (Å²) in [6, 6.07) is 6.21. The summed E-state index contributed by atoms with van der Waals surface area (Å²) in [7, 11) is 0. The van der Waals surface area contributed by atoms with Gasteiger partial charge in [0.2, 0.25) is 0 Å². The fourth-order valence-corrected chi connectivity index (χ4v) is 3.94. The number of aryl methyl sites for hydroxylation is 1. The molecule has 1 heterocycles. The number of nitrogens with zero attached hydrogens (tertiary/aromatic N) is 1. The minimum atomic E-state index is -0.628. The van der Waals surface area contributed by atoms with Gasteiger partial charge < -0.3 is 20.5 Å². The Morgan fingerprint density at radius 2 is 2.20 bits per heavy atom. The molecule has 5 nitrogen and oxygen atoms in total. The average Bonchev–Trinajstić information content (AvgIpc) is 2.98. The molecule has 3 N–H and O–H groups in total. The van der Waals surface area contributed by atoms with Gasteiger partial charge in [0.15, 0.2) is 5.96 Å². The van der Waals surface area contributed by atoms with Crippen LogP contribution in [0.3, 0.4) is 0 Å². The lowest BCUT2D eigenvalue weighted by atomic mass is 10.0. The Morgan fingerprint density at radius 1 is 1.40 bits per heavy atom. The van der Waals surface area contributed by atoms with Crippen LogP contribution in [0.15, 0.2) is 23.2 Å². The van der Waals surface area contributed by atoms with Crippen LogP contribution in [0, 0.1) is 6.92 Å². The van der Waals surface area contributed by atoms with E-state index >= 15 is 0 Å². The molecule has 1 atom stereocenters. The Kier molecular flexibility index (Phi) is 7.44. The number of thioether (sulfide) groups is 1. The highest BCUT2D eigenvalue weighted by Gasteiger charge is 2.31. The lowest BCUT2D eigenvalue weighted by molar-refractivity contribution is 0.0724. The van der Waals surface area contributed by atoms with E-state index in [2.05, 4.69) is 40.7 Å². The van der Waals surface area contributed by atoms with Gasteiger partial charge in [-0.2, -0.15) is 11.8 Å². The molecule has 1 fully saturated rings. The number of hydrogen-bond acceptors (Lipinski definition) is 4. The van der Waals surface area contributed by atoms with Crippen LogP contribution in [0.2, 0.25) is 0 Å². The van der Waals surface area contributed by atoms with E-state index < -0.39 is 5.60 Å². The second-order valence-electron chi connectivity index (χ2n) is 6.85. The van der Waals surface area contributed by atoms with Crippen LogP contribution in [-0.2, 0) is 6.54 Å². The van der Waals surface area contributed by atoms with Crippen LogP contribution in [-0.4, -0.2) is 47.4 Å². The lowest BCUT2D eigenvalue weighted by Crippen LogP contribution is -2.47. The summed E-state index contributed by atoms with van der Waals surface area (Å²) in [5.41, 5.74) is 1.61. The van der Waals surface area contributed by atoms with Crippen LogP contribution >= 0.6 is 11.8 Å². The number of aliphatic hydroxyl groups is 1. The molecular formula is C19H31N3O2S. The van der Waals surface area contributed by atoms with Gasteiger partial charge in [0, 0.05) is 24.4 Å². The summed E-state index contributed by atoms with van der Waals surface area (Å²) in [4.78, 5) is 4.67. The van der Waals surface area contributed by atoms with Crippen molar-refractivity contribution < 1.29 is 9.84 Å². The van der Waals surface area contributed by atoms with E-state index in [4.69, 9.17) is 4.74 Å². The molecule has 1 aliphatic rings. The minimum absolute atomic E-state index is 0.130. The van der Waals surface area contributed by atoms with Crippen LogP contribution < -0.4 is 15.4 Å². The SMILES string of the molecule is CCNC(=NCc1ccc(C)cc1OC(C)C)NCC1(O)CCSC1. The van der Waals surface area contributed by atoms with E-state index in [0.29, 0.717) is 13.1 Å². The van der Waals surface area contributed by atoms with E-state index in [0.717, 1.165) is 41.7 Å². The largest absolute Gasteiger partial charge is 0.491 e. The molecule has 25 heavy (non-hydrogen) atoms. The number of benzene rings is 1. The van der Waals surface area contributed by atoms with Crippen LogP contribution in [0.4, 0.5) is 0 Å². The molecule has 6 heteroatoms. The Bertz CT molecular complexity index is 584. The monoisotopic (exact) mass is 365 g/mol. The zero-order valence-electron chi connectivity index (χ0n) is 15.8. The summed E-state index contributed by atoms with van der Waals surface area (Å²) in [6.07, 6.45) is 0.957. The van der Waals surface area contributed by atoms with Crippen molar-refractivity contribution in [2.45, 2.75) is 52.4 Å². The topological polar surface area (TPSA) is 65.9 Å². The van der Waals surface area contributed by atoms with Gasteiger partial charge in [-0.1, -0.05) is 12.1 Å². The molecule has 0 saturated carbocycles. The van der Waals surface area contributed by atoms with Crippen molar-refractivity contribution in [3.05, 3.63) is 29.3 Å². The van der Waals surface area contributed by atoms with Gasteiger partial charge in [-0.25, -0.2) is 4.99 Å². The highest BCUT2D eigenvalue weighted by Crippen LogP contribution is 2.27. The first-order valence-electron chi connectivity index (χ1n) is 9.00. The standard InChI is InChI=1S/C19H31N3O2S/c1-5-20-18(22-12-19(23)8-9-25-13-19)21-11-16-7-6-15(4)10-17(16)24-14(2)3/h6-7,10,14,23H,5,8-9,11-13H2,1-4H3,(H2,20,21,22). The molecule has 0 bridgehead atoms. The molecule has 2 rings (SSSR count). The second kappa shape index (κ2) is 9.34. The Morgan fingerprint density at radius 3 is 2.84 bits per heavy atom. The zero-order chi connectivity index (χ0) is 18.3. The number of guanidine groups is 1. The number of hydrogen-bond donors (Lipinski definition) is 3. The van der Waals surface area contributed by atoms with Crippen molar-refractivity contribution >= 4 is 17.7 Å². The van der Waals surface area contributed by atoms with Crippen LogP contribution in [0.5, 0.6) is 5.75 Å². The molecule has 1 saturated heterocycles. The van der Waals surface area contributed by atoms with Gasteiger partial charge in [0.05, 0.1) is 18.2 Å². The second-order valence-corrected chi connectivity index (χ2v) is 7.96. The third-order valence-corrected chi connectivity index (χ3v) is 5.24. The highest BCUT2D eigenvalue weighted by molar-refractivity contribution is 7.99. The van der Waals surface area contributed by atoms with Crippen molar-refractivity contribution in [3.8, 4) is 5.75 Å². The predicted octanol–water partition coefficient (Wildman–Crippen LogP) is 2.71. The van der Waals surface area contributed by atoms with E-state index in [1.54, 1.807) is 11.8 Å². The molecule has 1 aromatic carbocycles. The van der Waals surface area contributed by atoms with Crippen molar-refractivity contribution in [2.75, 3.05) is 24.6 Å². The molecule has 0 aromatic heterocycles. The van der Waals surface area contributed by atoms with E-state index in [1.165, 1.54) is 5.56 Å². The Labute approximate surface area is 155 Å². The van der Waals surface area contributed by atoms with Gasteiger partial charge >= 0.3 is 0 Å². The quantitative estimate of drug-likeness (QED) is 0.512. The fraction of sp³-hybridized carbons (Fsp3) is 0.632. The van der Waals surface area contributed by atoms with Crippen molar-refractivity contribution in [2.24, 2.45) is 4.99 Å². The number of nitrogens with one attached hydrogen (secondary N) is 2. The molecule has 0 amide bonds. The first kappa shape index (κ1) is 19.9. The first-order chi connectivity index (χ1) is 11.9. The maximum absolute atomic E-state index is 10.5.